The summed E-state index contributed by atoms with van der Waals surface area (Å²) in [6.45, 7) is 10.1. The van der Waals surface area contributed by atoms with Gasteiger partial charge >= 0.3 is 5.97 Å². The van der Waals surface area contributed by atoms with Crippen LogP contribution in [0.4, 0.5) is 8.78 Å². The number of carbonyl (C=O) groups is 1. The van der Waals surface area contributed by atoms with E-state index in [2.05, 4.69) is 23.8 Å². The third-order valence-electron chi connectivity index (χ3n) is 11.4. The van der Waals surface area contributed by atoms with Crippen molar-refractivity contribution in [1.29, 1.82) is 0 Å². The lowest BCUT2D eigenvalue weighted by Crippen LogP contribution is -2.16. The maximum Gasteiger partial charge on any atom is 0.340 e. The molecule has 4 aromatic heterocycles. The molecule has 0 bridgehead atoms. The Bertz CT molecular complexity index is 2560. The van der Waals surface area contributed by atoms with Crippen molar-refractivity contribution in [2.75, 3.05) is 20.8 Å². The Labute approximate surface area is 356 Å². The van der Waals surface area contributed by atoms with Crippen molar-refractivity contribution in [1.82, 2.24) is 19.9 Å². The highest BCUT2D eigenvalue weighted by atomic mass is 19.1. The van der Waals surface area contributed by atoms with Gasteiger partial charge in [-0.05, 0) is 120 Å². The zero-order valence-corrected chi connectivity index (χ0v) is 35.9. The SMILES string of the molecule is CCOC(=O)c1c(C(C)C)nc2c(c1-c1ccc(F)cc1)CCCc1cc(OC)ncc1-2.COc1cc2c(cn1)-c1nc(C(C)C)c(CO)c(-c3ccc(F)cc3)c1CCC2. The molecule has 0 radical (unpaired) electrons. The molecule has 0 saturated carbocycles. The van der Waals surface area contributed by atoms with Crippen LogP contribution in [0.2, 0.25) is 0 Å². The molecule has 1 N–H and O–H groups in total. The van der Waals surface area contributed by atoms with E-state index in [0.29, 0.717) is 23.0 Å². The molecule has 2 aliphatic carbocycles. The minimum absolute atomic E-state index is 0.0168. The lowest BCUT2D eigenvalue weighted by molar-refractivity contribution is 0.0524. The second kappa shape index (κ2) is 18.7. The van der Waals surface area contributed by atoms with Gasteiger partial charge in [0.25, 0.3) is 0 Å². The predicted molar refractivity (Wildman–Crippen MR) is 233 cm³/mol. The molecule has 2 aromatic carbocycles. The number of hydrogen-bond donors (Lipinski definition) is 1. The van der Waals surface area contributed by atoms with Crippen molar-refractivity contribution >= 4 is 5.97 Å². The fraction of sp³-hybridized carbons (Fsp3) is 0.340. The van der Waals surface area contributed by atoms with Crippen molar-refractivity contribution in [2.45, 2.75) is 91.6 Å². The van der Waals surface area contributed by atoms with Gasteiger partial charge in [0.15, 0.2) is 0 Å². The summed E-state index contributed by atoms with van der Waals surface area (Å²) in [6, 6.07) is 16.7. The summed E-state index contributed by atoms with van der Waals surface area (Å²) in [5.41, 5.74) is 14.3. The van der Waals surface area contributed by atoms with Crippen molar-refractivity contribution in [3.8, 4) is 56.5 Å². The molecular weight excluding hydrogens is 775 g/mol. The van der Waals surface area contributed by atoms with Crippen LogP contribution in [0, 0.1) is 11.6 Å². The van der Waals surface area contributed by atoms with Crippen LogP contribution >= 0.6 is 0 Å². The van der Waals surface area contributed by atoms with E-state index in [1.165, 1.54) is 29.8 Å². The lowest BCUT2D eigenvalue weighted by atomic mass is 9.87. The Morgan fingerprint density at radius 1 is 0.689 bits per heavy atom. The molecule has 316 valence electrons. The molecule has 4 heterocycles. The van der Waals surface area contributed by atoms with Crippen LogP contribution in [0.25, 0.3) is 44.8 Å². The number of rotatable bonds is 9. The third kappa shape index (κ3) is 8.75. The second-order valence-electron chi connectivity index (χ2n) is 15.9. The number of hydrogen-bond acceptors (Lipinski definition) is 9. The number of fused-ring (bicyclic) bond motifs is 6. The highest BCUT2D eigenvalue weighted by Crippen LogP contribution is 2.44. The maximum absolute atomic E-state index is 13.7. The van der Waals surface area contributed by atoms with Gasteiger partial charge in [-0.25, -0.2) is 23.5 Å². The van der Waals surface area contributed by atoms with Crippen LogP contribution in [0.15, 0.2) is 73.1 Å². The number of nitrogens with zero attached hydrogens (tertiary/aromatic N) is 4. The first-order valence-electron chi connectivity index (χ1n) is 21.0. The van der Waals surface area contributed by atoms with Crippen LogP contribution < -0.4 is 9.47 Å². The third-order valence-corrected chi connectivity index (χ3v) is 11.4. The summed E-state index contributed by atoms with van der Waals surface area (Å²) in [5.74, 6) is 0.294. The van der Waals surface area contributed by atoms with E-state index in [1.807, 2.05) is 32.2 Å². The fourth-order valence-corrected chi connectivity index (χ4v) is 8.55. The number of aromatic nitrogens is 4. The van der Waals surface area contributed by atoms with Gasteiger partial charge in [-0.2, -0.15) is 0 Å². The number of aryl methyl sites for hydroxylation is 2. The van der Waals surface area contributed by atoms with E-state index in [0.717, 1.165) is 111 Å². The number of methoxy groups -OCH3 is 2. The molecule has 0 unspecified atom stereocenters. The zero-order valence-electron chi connectivity index (χ0n) is 35.9. The van der Waals surface area contributed by atoms with Crippen LogP contribution in [-0.4, -0.2) is 51.8 Å². The summed E-state index contributed by atoms with van der Waals surface area (Å²) in [4.78, 5) is 32.1. The number of esters is 1. The van der Waals surface area contributed by atoms with Gasteiger partial charge < -0.3 is 19.3 Å². The van der Waals surface area contributed by atoms with E-state index < -0.39 is 5.97 Å². The normalized spacial score (nSPS) is 12.9. The molecule has 0 amide bonds. The first-order valence-corrected chi connectivity index (χ1v) is 21.0. The molecule has 0 atom stereocenters. The highest BCUT2D eigenvalue weighted by molar-refractivity contribution is 6.01. The smallest absolute Gasteiger partial charge is 0.340 e. The standard InChI is InChI=1S/C26H27FN2O3.C24H25FN2O2/c1-5-32-26(30)23-22(16-9-11-18(27)12-10-16)19-8-6-7-17-13-21(31-4)28-14-20(17)25(19)29-24(23)15(2)3;1-14(2)23-20(13-28)22(15-7-9-17(25)10-8-15)18-6-4-5-16-11-21(29-3)26-12-19(16)24(18)27-23/h9-15H,5-8H2,1-4H3;7-12,14,28H,4-6,13H2,1-3H3. The van der Waals surface area contributed by atoms with Gasteiger partial charge in [-0.15, -0.1) is 0 Å². The van der Waals surface area contributed by atoms with Gasteiger partial charge in [0, 0.05) is 52.5 Å². The summed E-state index contributed by atoms with van der Waals surface area (Å²) in [6.07, 6.45) is 8.78. The van der Waals surface area contributed by atoms with Gasteiger partial charge in [0.05, 0.1) is 50.1 Å². The van der Waals surface area contributed by atoms with Gasteiger partial charge in [0.1, 0.15) is 11.6 Å². The van der Waals surface area contributed by atoms with Gasteiger partial charge in [-0.3, -0.25) is 9.97 Å². The van der Waals surface area contributed by atoms with E-state index in [1.54, 1.807) is 51.6 Å². The van der Waals surface area contributed by atoms with Crippen molar-refractivity contribution in [2.24, 2.45) is 0 Å². The average Bonchev–Trinajstić information content (AvgIpc) is 3.56. The van der Waals surface area contributed by atoms with Gasteiger partial charge in [0.2, 0.25) is 11.8 Å². The van der Waals surface area contributed by atoms with E-state index in [-0.39, 0.29) is 36.7 Å². The van der Waals surface area contributed by atoms with Crippen LogP contribution in [0.5, 0.6) is 11.8 Å². The largest absolute Gasteiger partial charge is 0.481 e. The Kier molecular flexibility index (Phi) is 13.2. The highest BCUT2D eigenvalue weighted by Gasteiger charge is 2.31. The van der Waals surface area contributed by atoms with Crippen molar-refractivity contribution in [3.63, 3.8) is 0 Å². The molecule has 0 aliphatic heterocycles. The van der Waals surface area contributed by atoms with Crippen LogP contribution in [0.1, 0.15) is 109 Å². The average molecular weight is 827 g/mol. The second-order valence-corrected chi connectivity index (χ2v) is 15.9. The Hall–Kier alpha value is -6.07. The predicted octanol–water partition coefficient (Wildman–Crippen LogP) is 10.8. The summed E-state index contributed by atoms with van der Waals surface area (Å²) in [5, 5.41) is 10.3. The monoisotopic (exact) mass is 826 g/mol. The molecule has 0 fully saturated rings. The number of benzene rings is 2. The fourth-order valence-electron chi connectivity index (χ4n) is 8.55. The van der Waals surface area contributed by atoms with Crippen LogP contribution in [-0.2, 0) is 37.0 Å². The minimum atomic E-state index is -0.400. The summed E-state index contributed by atoms with van der Waals surface area (Å²) >= 11 is 0. The quantitative estimate of drug-likeness (QED) is 0.142. The molecular formula is C50H52F2N4O5. The number of ether oxygens (including phenoxy) is 3. The first kappa shape index (κ1) is 43.0. The van der Waals surface area contributed by atoms with Crippen LogP contribution in [0.3, 0.4) is 0 Å². The van der Waals surface area contributed by atoms with Crippen molar-refractivity contribution in [3.05, 3.63) is 129 Å². The topological polar surface area (TPSA) is 117 Å². The number of aliphatic hydroxyl groups is 1. The van der Waals surface area contributed by atoms with Gasteiger partial charge in [-0.1, -0.05) is 52.0 Å². The Balaban J connectivity index is 0.000000185. The maximum atomic E-state index is 13.7. The number of pyridine rings is 4. The molecule has 9 nitrogen and oxygen atoms in total. The molecule has 8 rings (SSSR count). The zero-order chi connectivity index (χ0) is 43.4. The lowest BCUT2D eigenvalue weighted by Gasteiger charge is -2.22. The van der Waals surface area contributed by atoms with E-state index in [4.69, 9.17) is 24.2 Å². The number of aliphatic hydroxyl groups excluding tert-OH is 1. The van der Waals surface area contributed by atoms with E-state index >= 15 is 0 Å². The molecule has 61 heavy (non-hydrogen) atoms. The summed E-state index contributed by atoms with van der Waals surface area (Å²) < 4.78 is 43.4. The molecule has 0 saturated heterocycles. The molecule has 2 aliphatic rings. The van der Waals surface area contributed by atoms with E-state index in [9.17, 15) is 18.7 Å². The number of halogens is 2. The number of carbonyl (C=O) groups excluding carboxylic acids is 1. The molecule has 6 aromatic rings. The molecule has 0 spiro atoms. The Morgan fingerprint density at radius 3 is 1.59 bits per heavy atom. The summed E-state index contributed by atoms with van der Waals surface area (Å²) in [7, 11) is 3.22. The first-order chi connectivity index (χ1) is 29.5. The molecule has 11 heteroatoms. The van der Waals surface area contributed by atoms with Crippen molar-refractivity contribution < 1.29 is 32.9 Å². The Morgan fingerprint density at radius 2 is 1.15 bits per heavy atom. The minimum Gasteiger partial charge on any atom is -0.481 e.